The highest BCUT2D eigenvalue weighted by Crippen LogP contribution is 2.34. The highest BCUT2D eigenvalue weighted by Gasteiger charge is 2.28. The number of halogens is 1. The first kappa shape index (κ1) is 18.1. The van der Waals surface area contributed by atoms with Crippen molar-refractivity contribution in [2.75, 3.05) is 6.54 Å². The summed E-state index contributed by atoms with van der Waals surface area (Å²) in [5.41, 5.74) is 4.81. The Balaban J connectivity index is 1.74. The second kappa shape index (κ2) is 7.79. The van der Waals surface area contributed by atoms with E-state index in [9.17, 15) is 5.11 Å². The zero-order chi connectivity index (χ0) is 18.8. The summed E-state index contributed by atoms with van der Waals surface area (Å²) >= 11 is 6.18. The smallest absolute Gasteiger partial charge is 0.120 e. The third kappa shape index (κ3) is 3.76. The number of nitrogens with zero attached hydrogens (tertiary/aromatic N) is 2. The van der Waals surface area contributed by atoms with E-state index in [1.807, 2.05) is 6.07 Å². The molecule has 2 aromatic carbocycles. The van der Waals surface area contributed by atoms with Crippen molar-refractivity contribution < 1.29 is 5.11 Å². The van der Waals surface area contributed by atoms with Crippen molar-refractivity contribution in [2.45, 2.75) is 38.9 Å². The van der Waals surface area contributed by atoms with Gasteiger partial charge in [0.1, 0.15) is 5.75 Å². The summed E-state index contributed by atoms with van der Waals surface area (Å²) in [6, 6.07) is 18.7. The van der Waals surface area contributed by atoms with Gasteiger partial charge in [0.25, 0.3) is 0 Å². The topological polar surface area (TPSA) is 28.4 Å². The maximum absolute atomic E-state index is 10.3. The Kier molecular flexibility index (Phi) is 5.24. The largest absolute Gasteiger partial charge is 0.508 e. The standard InChI is InChI=1S/C23H25ClN2O/c1-2-17-6-8-18(9-7-17)23-21-5-3-12-25(21)13-4-14-26(23)16-19-15-20(24)10-11-22(19)27/h3,5-12,15,23,27H,2,4,13-14,16H2,1H3/t23-/m0/s1. The molecule has 4 heteroatoms. The van der Waals surface area contributed by atoms with E-state index in [1.165, 1.54) is 16.8 Å². The quantitative estimate of drug-likeness (QED) is 0.656. The molecule has 0 amide bonds. The van der Waals surface area contributed by atoms with E-state index in [-0.39, 0.29) is 6.04 Å². The van der Waals surface area contributed by atoms with Crippen LogP contribution in [0.1, 0.15) is 41.8 Å². The number of benzene rings is 2. The van der Waals surface area contributed by atoms with Gasteiger partial charge in [0, 0.05) is 42.1 Å². The lowest BCUT2D eigenvalue weighted by atomic mass is 9.99. The predicted octanol–water partition coefficient (Wildman–Crippen LogP) is 5.40. The monoisotopic (exact) mass is 380 g/mol. The van der Waals surface area contributed by atoms with E-state index in [4.69, 9.17) is 11.6 Å². The molecule has 0 saturated heterocycles. The Morgan fingerprint density at radius 2 is 1.89 bits per heavy atom. The summed E-state index contributed by atoms with van der Waals surface area (Å²) in [4.78, 5) is 2.45. The molecule has 3 nitrogen and oxygen atoms in total. The van der Waals surface area contributed by atoms with Crippen LogP contribution in [-0.4, -0.2) is 21.1 Å². The van der Waals surface area contributed by atoms with Gasteiger partial charge < -0.3 is 9.67 Å². The highest BCUT2D eigenvalue weighted by atomic mass is 35.5. The second-order valence-corrected chi connectivity index (χ2v) is 7.66. The van der Waals surface area contributed by atoms with Crippen LogP contribution in [0.5, 0.6) is 5.75 Å². The molecule has 2 heterocycles. The minimum Gasteiger partial charge on any atom is -0.508 e. The molecule has 1 aliphatic rings. The first-order chi connectivity index (χ1) is 13.2. The average molecular weight is 381 g/mol. The normalized spacial score (nSPS) is 17.5. The van der Waals surface area contributed by atoms with Crippen molar-refractivity contribution in [3.8, 4) is 5.75 Å². The van der Waals surface area contributed by atoms with Gasteiger partial charge in [-0.1, -0.05) is 42.8 Å². The Hall–Kier alpha value is -2.23. The lowest BCUT2D eigenvalue weighted by Gasteiger charge is -2.31. The Bertz CT molecular complexity index is 916. The molecule has 4 rings (SSSR count). The number of hydrogen-bond acceptors (Lipinski definition) is 2. The lowest BCUT2D eigenvalue weighted by Crippen LogP contribution is -2.29. The van der Waals surface area contributed by atoms with Crippen LogP contribution in [0.2, 0.25) is 5.02 Å². The van der Waals surface area contributed by atoms with Crippen LogP contribution < -0.4 is 0 Å². The Labute approximate surface area is 165 Å². The molecular weight excluding hydrogens is 356 g/mol. The number of fused-ring (bicyclic) bond motifs is 1. The minimum atomic E-state index is 0.159. The number of rotatable bonds is 4. The number of aromatic hydroxyl groups is 1. The predicted molar refractivity (Wildman–Crippen MR) is 110 cm³/mol. The van der Waals surface area contributed by atoms with E-state index >= 15 is 0 Å². The van der Waals surface area contributed by atoms with E-state index in [0.29, 0.717) is 17.3 Å². The first-order valence-electron chi connectivity index (χ1n) is 9.61. The van der Waals surface area contributed by atoms with Crippen LogP contribution in [0.15, 0.2) is 60.8 Å². The highest BCUT2D eigenvalue weighted by molar-refractivity contribution is 6.30. The van der Waals surface area contributed by atoms with Gasteiger partial charge in [-0.15, -0.1) is 0 Å². The molecule has 0 unspecified atom stereocenters. The summed E-state index contributed by atoms with van der Waals surface area (Å²) in [5, 5.41) is 11.0. The second-order valence-electron chi connectivity index (χ2n) is 7.22. The average Bonchev–Trinajstić information content (AvgIpc) is 3.06. The van der Waals surface area contributed by atoms with Gasteiger partial charge in [-0.2, -0.15) is 0 Å². The van der Waals surface area contributed by atoms with E-state index < -0.39 is 0 Å². The summed E-state index contributed by atoms with van der Waals surface area (Å²) in [6.07, 6.45) is 4.29. The van der Waals surface area contributed by atoms with Crippen LogP contribution >= 0.6 is 11.6 Å². The van der Waals surface area contributed by atoms with Gasteiger partial charge in [-0.3, -0.25) is 4.90 Å². The van der Waals surface area contributed by atoms with Crippen molar-refractivity contribution in [1.29, 1.82) is 0 Å². The number of phenols is 1. The maximum atomic E-state index is 10.3. The van der Waals surface area contributed by atoms with Crippen LogP contribution in [-0.2, 0) is 19.5 Å². The van der Waals surface area contributed by atoms with Crippen LogP contribution in [0.25, 0.3) is 0 Å². The van der Waals surface area contributed by atoms with Gasteiger partial charge in [0.2, 0.25) is 0 Å². The number of phenolic OH excluding ortho intramolecular Hbond substituents is 1. The summed E-state index contributed by atoms with van der Waals surface area (Å²) in [5.74, 6) is 0.305. The van der Waals surface area contributed by atoms with Crippen LogP contribution in [0, 0.1) is 0 Å². The molecule has 0 bridgehead atoms. The third-order valence-electron chi connectivity index (χ3n) is 5.47. The third-order valence-corrected chi connectivity index (χ3v) is 5.71. The SMILES string of the molecule is CCc1ccc([C@H]2c3cccn3CCCN2Cc2cc(Cl)ccc2O)cc1. The molecule has 1 atom stereocenters. The fraction of sp³-hybridized carbons (Fsp3) is 0.304. The first-order valence-corrected chi connectivity index (χ1v) is 9.99. The van der Waals surface area contributed by atoms with Crippen molar-refractivity contribution in [1.82, 2.24) is 9.47 Å². The minimum absolute atomic E-state index is 0.159. The Morgan fingerprint density at radius 3 is 2.67 bits per heavy atom. The number of aromatic nitrogens is 1. The number of aryl methyl sites for hydroxylation is 2. The molecular formula is C23H25ClN2O. The fourth-order valence-electron chi connectivity index (χ4n) is 4.03. The van der Waals surface area contributed by atoms with Crippen LogP contribution in [0.4, 0.5) is 0 Å². The maximum Gasteiger partial charge on any atom is 0.120 e. The van der Waals surface area contributed by atoms with Crippen LogP contribution in [0.3, 0.4) is 0 Å². The molecule has 0 aliphatic carbocycles. The van der Waals surface area contributed by atoms with E-state index in [1.54, 1.807) is 12.1 Å². The molecule has 3 aromatic rings. The molecule has 1 N–H and O–H groups in total. The Morgan fingerprint density at radius 1 is 1.07 bits per heavy atom. The summed E-state index contributed by atoms with van der Waals surface area (Å²) < 4.78 is 2.36. The summed E-state index contributed by atoms with van der Waals surface area (Å²) in [6.45, 7) is 4.83. The molecule has 1 aromatic heterocycles. The lowest BCUT2D eigenvalue weighted by molar-refractivity contribution is 0.218. The van der Waals surface area contributed by atoms with Crippen molar-refractivity contribution in [3.05, 3.63) is 88.2 Å². The van der Waals surface area contributed by atoms with Crippen molar-refractivity contribution >= 4 is 11.6 Å². The molecule has 1 aliphatic heterocycles. The molecule has 27 heavy (non-hydrogen) atoms. The zero-order valence-corrected chi connectivity index (χ0v) is 16.4. The van der Waals surface area contributed by atoms with E-state index in [0.717, 1.165) is 31.5 Å². The fourth-order valence-corrected chi connectivity index (χ4v) is 4.22. The molecule has 0 spiro atoms. The molecule has 0 fully saturated rings. The van der Waals surface area contributed by atoms with Gasteiger partial charge in [-0.05, 0) is 54.3 Å². The van der Waals surface area contributed by atoms with E-state index in [2.05, 4.69) is 59.0 Å². The van der Waals surface area contributed by atoms with Crippen molar-refractivity contribution in [3.63, 3.8) is 0 Å². The van der Waals surface area contributed by atoms with Gasteiger partial charge in [0.15, 0.2) is 0 Å². The van der Waals surface area contributed by atoms with Gasteiger partial charge in [-0.25, -0.2) is 0 Å². The van der Waals surface area contributed by atoms with Crippen molar-refractivity contribution in [2.24, 2.45) is 0 Å². The molecule has 140 valence electrons. The molecule has 0 saturated carbocycles. The van der Waals surface area contributed by atoms with Gasteiger partial charge in [0.05, 0.1) is 6.04 Å². The zero-order valence-electron chi connectivity index (χ0n) is 15.6. The number of hydrogen-bond donors (Lipinski definition) is 1. The summed E-state index contributed by atoms with van der Waals surface area (Å²) in [7, 11) is 0. The molecule has 0 radical (unpaired) electrons. The van der Waals surface area contributed by atoms with Gasteiger partial charge >= 0.3 is 0 Å².